The van der Waals surface area contributed by atoms with Crippen molar-refractivity contribution >= 4 is 17.1 Å². The van der Waals surface area contributed by atoms with E-state index in [0.29, 0.717) is 18.6 Å². The Morgan fingerprint density at radius 3 is 3.20 bits per heavy atom. The van der Waals surface area contributed by atoms with Crippen molar-refractivity contribution in [1.29, 1.82) is 0 Å². The second-order valence-electron chi connectivity index (χ2n) is 3.16. The highest BCUT2D eigenvalue weighted by Gasteiger charge is 2.04. The number of carboxylic acids is 1. The topological polar surface area (TPSA) is 80.9 Å². The van der Waals surface area contributed by atoms with Gasteiger partial charge in [0, 0.05) is 19.2 Å². The van der Waals surface area contributed by atoms with Gasteiger partial charge in [0.15, 0.2) is 0 Å². The molecule has 0 aliphatic heterocycles. The summed E-state index contributed by atoms with van der Waals surface area (Å²) in [4.78, 5) is 14.4. The fourth-order valence-corrected chi connectivity index (χ4v) is 1.36. The number of rotatable bonds is 4. The van der Waals surface area contributed by atoms with E-state index in [9.17, 15) is 4.79 Å². The second-order valence-corrected chi connectivity index (χ2v) is 3.16. The van der Waals surface area contributed by atoms with Crippen molar-refractivity contribution in [3.8, 4) is 0 Å². The first-order valence-corrected chi connectivity index (χ1v) is 4.63. The standard InChI is InChI=1S/C9H10N4O2/c14-8(15)4-2-6-13-7-3-1-5-10-9(7)11-12-13/h1,3,5H,2,4,6H2,(H,14,15). The predicted octanol–water partition coefficient (Wildman–Crippen LogP) is 0.691. The lowest BCUT2D eigenvalue weighted by Crippen LogP contribution is -2.03. The van der Waals surface area contributed by atoms with Gasteiger partial charge in [0.25, 0.3) is 0 Å². The molecule has 0 aliphatic carbocycles. The van der Waals surface area contributed by atoms with Crippen LogP contribution in [0.5, 0.6) is 0 Å². The molecule has 0 fully saturated rings. The third kappa shape index (κ3) is 2.09. The highest BCUT2D eigenvalue weighted by Crippen LogP contribution is 2.07. The number of hydrogen-bond donors (Lipinski definition) is 1. The minimum atomic E-state index is -0.794. The zero-order valence-corrected chi connectivity index (χ0v) is 8.00. The second kappa shape index (κ2) is 4.04. The van der Waals surface area contributed by atoms with Crippen molar-refractivity contribution in [3.05, 3.63) is 18.3 Å². The summed E-state index contributed by atoms with van der Waals surface area (Å²) in [5, 5.41) is 16.3. The van der Waals surface area contributed by atoms with E-state index in [0.717, 1.165) is 5.52 Å². The van der Waals surface area contributed by atoms with E-state index in [1.165, 1.54) is 0 Å². The number of aliphatic carboxylic acids is 1. The summed E-state index contributed by atoms with van der Waals surface area (Å²) in [6.45, 7) is 0.550. The largest absolute Gasteiger partial charge is 0.481 e. The molecule has 2 rings (SSSR count). The van der Waals surface area contributed by atoms with E-state index in [1.807, 2.05) is 6.07 Å². The van der Waals surface area contributed by atoms with Gasteiger partial charge in [-0.3, -0.25) is 4.79 Å². The van der Waals surface area contributed by atoms with Gasteiger partial charge in [-0.25, -0.2) is 9.67 Å². The molecule has 0 radical (unpaired) electrons. The van der Waals surface area contributed by atoms with Crippen molar-refractivity contribution < 1.29 is 9.90 Å². The first-order valence-electron chi connectivity index (χ1n) is 4.63. The number of fused-ring (bicyclic) bond motifs is 1. The van der Waals surface area contributed by atoms with E-state index in [-0.39, 0.29) is 6.42 Å². The van der Waals surface area contributed by atoms with Gasteiger partial charge >= 0.3 is 5.97 Å². The third-order valence-corrected chi connectivity index (χ3v) is 2.05. The number of aryl methyl sites for hydroxylation is 1. The average molecular weight is 206 g/mol. The molecule has 78 valence electrons. The summed E-state index contributed by atoms with van der Waals surface area (Å²) in [5.74, 6) is -0.794. The van der Waals surface area contributed by atoms with Gasteiger partial charge in [0.2, 0.25) is 5.65 Å². The van der Waals surface area contributed by atoms with Gasteiger partial charge in [-0.2, -0.15) is 0 Å². The molecule has 2 aromatic heterocycles. The van der Waals surface area contributed by atoms with Gasteiger partial charge in [-0.05, 0) is 18.6 Å². The van der Waals surface area contributed by atoms with Gasteiger partial charge in [-0.1, -0.05) is 5.21 Å². The van der Waals surface area contributed by atoms with Crippen molar-refractivity contribution in [1.82, 2.24) is 20.0 Å². The molecule has 0 saturated carbocycles. The van der Waals surface area contributed by atoms with Crippen LogP contribution in [0.15, 0.2) is 18.3 Å². The van der Waals surface area contributed by atoms with Crippen LogP contribution in [0.25, 0.3) is 11.2 Å². The van der Waals surface area contributed by atoms with Crippen molar-refractivity contribution in [2.45, 2.75) is 19.4 Å². The summed E-state index contributed by atoms with van der Waals surface area (Å²) >= 11 is 0. The molecule has 6 nitrogen and oxygen atoms in total. The molecule has 6 heteroatoms. The minimum absolute atomic E-state index is 0.140. The Balaban J connectivity index is 2.11. The molecule has 1 N–H and O–H groups in total. The summed E-state index contributed by atoms with van der Waals surface area (Å²) in [5.41, 5.74) is 1.43. The van der Waals surface area contributed by atoms with Crippen molar-refractivity contribution in [2.24, 2.45) is 0 Å². The molecule has 0 saturated heterocycles. The molecule has 0 spiro atoms. The number of carboxylic acid groups (broad SMARTS) is 1. The van der Waals surface area contributed by atoms with Crippen LogP contribution in [0, 0.1) is 0 Å². The summed E-state index contributed by atoms with van der Waals surface area (Å²) in [6, 6.07) is 3.67. The van der Waals surface area contributed by atoms with Gasteiger partial charge in [0.05, 0.1) is 0 Å². The third-order valence-electron chi connectivity index (χ3n) is 2.05. The van der Waals surface area contributed by atoms with E-state index >= 15 is 0 Å². The Kier molecular flexibility index (Phi) is 2.57. The maximum absolute atomic E-state index is 10.3. The summed E-state index contributed by atoms with van der Waals surface area (Å²) < 4.78 is 1.67. The van der Waals surface area contributed by atoms with Crippen LogP contribution in [-0.2, 0) is 11.3 Å². The Labute approximate surface area is 85.5 Å². The van der Waals surface area contributed by atoms with Crippen molar-refractivity contribution in [3.63, 3.8) is 0 Å². The highest BCUT2D eigenvalue weighted by atomic mass is 16.4. The number of nitrogens with zero attached hydrogens (tertiary/aromatic N) is 4. The summed E-state index contributed by atoms with van der Waals surface area (Å²) in [6.07, 6.45) is 2.34. The van der Waals surface area contributed by atoms with Gasteiger partial charge < -0.3 is 5.11 Å². The van der Waals surface area contributed by atoms with Crippen LogP contribution in [-0.4, -0.2) is 31.1 Å². The predicted molar refractivity (Wildman–Crippen MR) is 52.2 cm³/mol. The minimum Gasteiger partial charge on any atom is -0.481 e. The number of pyridine rings is 1. The maximum Gasteiger partial charge on any atom is 0.303 e. The molecule has 0 atom stereocenters. The molecule has 15 heavy (non-hydrogen) atoms. The monoisotopic (exact) mass is 206 g/mol. The Morgan fingerprint density at radius 1 is 1.53 bits per heavy atom. The molecular weight excluding hydrogens is 196 g/mol. The molecule has 0 bridgehead atoms. The van der Waals surface area contributed by atoms with Gasteiger partial charge in [-0.15, -0.1) is 5.10 Å². The van der Waals surface area contributed by atoms with Crippen LogP contribution >= 0.6 is 0 Å². The lowest BCUT2D eigenvalue weighted by molar-refractivity contribution is -0.137. The lowest BCUT2D eigenvalue weighted by atomic mass is 10.3. The molecular formula is C9H10N4O2. The molecule has 0 amide bonds. The van der Waals surface area contributed by atoms with Crippen LogP contribution in [0.3, 0.4) is 0 Å². The van der Waals surface area contributed by atoms with Crippen LogP contribution in [0.1, 0.15) is 12.8 Å². The Bertz CT molecular complexity index is 480. The molecule has 0 aromatic carbocycles. The fourth-order valence-electron chi connectivity index (χ4n) is 1.36. The first kappa shape index (κ1) is 9.57. The Hall–Kier alpha value is -1.98. The SMILES string of the molecule is O=C(O)CCCn1nnc2ncccc21. The maximum atomic E-state index is 10.3. The number of aromatic nitrogens is 4. The first-order chi connectivity index (χ1) is 7.27. The number of carbonyl (C=O) groups is 1. The van der Waals surface area contributed by atoms with Crippen LogP contribution in [0.4, 0.5) is 0 Å². The van der Waals surface area contributed by atoms with Crippen LogP contribution < -0.4 is 0 Å². The smallest absolute Gasteiger partial charge is 0.303 e. The van der Waals surface area contributed by atoms with E-state index < -0.39 is 5.97 Å². The van der Waals surface area contributed by atoms with E-state index in [1.54, 1.807) is 16.9 Å². The molecule has 2 aromatic rings. The highest BCUT2D eigenvalue weighted by molar-refractivity contribution is 5.69. The number of hydrogen-bond acceptors (Lipinski definition) is 4. The normalized spacial score (nSPS) is 10.7. The zero-order valence-electron chi connectivity index (χ0n) is 8.00. The lowest BCUT2D eigenvalue weighted by Gasteiger charge is -1.99. The zero-order chi connectivity index (χ0) is 10.7. The Morgan fingerprint density at radius 2 is 2.40 bits per heavy atom. The van der Waals surface area contributed by atoms with E-state index in [2.05, 4.69) is 15.3 Å². The van der Waals surface area contributed by atoms with Gasteiger partial charge in [0.1, 0.15) is 5.52 Å². The fraction of sp³-hybridized carbons (Fsp3) is 0.333. The van der Waals surface area contributed by atoms with E-state index in [4.69, 9.17) is 5.11 Å². The van der Waals surface area contributed by atoms with Crippen molar-refractivity contribution in [2.75, 3.05) is 0 Å². The molecule has 0 aliphatic rings. The summed E-state index contributed by atoms with van der Waals surface area (Å²) in [7, 11) is 0. The average Bonchev–Trinajstić information content (AvgIpc) is 2.62. The van der Waals surface area contributed by atoms with Crippen LogP contribution in [0.2, 0.25) is 0 Å². The quantitative estimate of drug-likeness (QED) is 0.795. The molecule has 0 unspecified atom stereocenters. The molecule has 2 heterocycles.